The Kier molecular flexibility index (Phi) is 6.93. The van der Waals surface area contributed by atoms with Crippen molar-refractivity contribution < 1.29 is 5.11 Å². The van der Waals surface area contributed by atoms with Gasteiger partial charge in [0.2, 0.25) is 0 Å². The Bertz CT molecular complexity index is 430. The SMILES string of the molecule is NC(CCN1CCCN(CCO)CC1)c1cccc(Cl)c1. The Balaban J connectivity index is 1.77. The monoisotopic (exact) mass is 311 g/mol. The molecule has 1 saturated heterocycles. The Morgan fingerprint density at radius 3 is 2.52 bits per heavy atom. The van der Waals surface area contributed by atoms with E-state index in [9.17, 15) is 0 Å². The molecule has 1 unspecified atom stereocenters. The number of hydrogen-bond donors (Lipinski definition) is 2. The van der Waals surface area contributed by atoms with Crippen LogP contribution in [0.2, 0.25) is 5.02 Å². The van der Waals surface area contributed by atoms with Crippen LogP contribution in [0.15, 0.2) is 24.3 Å². The van der Waals surface area contributed by atoms with Crippen molar-refractivity contribution in [2.45, 2.75) is 18.9 Å². The molecular weight excluding hydrogens is 286 g/mol. The molecule has 0 radical (unpaired) electrons. The molecule has 1 atom stereocenters. The molecule has 1 aromatic rings. The maximum absolute atomic E-state index is 9.02. The van der Waals surface area contributed by atoms with E-state index in [0.29, 0.717) is 0 Å². The van der Waals surface area contributed by atoms with Crippen LogP contribution < -0.4 is 5.73 Å². The molecule has 0 saturated carbocycles. The van der Waals surface area contributed by atoms with Crippen molar-refractivity contribution in [3.63, 3.8) is 0 Å². The summed E-state index contributed by atoms with van der Waals surface area (Å²) in [5.41, 5.74) is 7.38. The molecule has 0 spiro atoms. The van der Waals surface area contributed by atoms with Gasteiger partial charge in [-0.3, -0.25) is 4.90 Å². The molecule has 1 aromatic carbocycles. The molecule has 4 nitrogen and oxygen atoms in total. The van der Waals surface area contributed by atoms with Crippen LogP contribution in [0, 0.1) is 0 Å². The summed E-state index contributed by atoms with van der Waals surface area (Å²) in [6, 6.07) is 7.87. The Morgan fingerprint density at radius 2 is 1.86 bits per heavy atom. The summed E-state index contributed by atoms with van der Waals surface area (Å²) >= 11 is 6.01. The molecule has 3 N–H and O–H groups in total. The summed E-state index contributed by atoms with van der Waals surface area (Å²) in [4.78, 5) is 4.80. The highest BCUT2D eigenvalue weighted by atomic mass is 35.5. The first kappa shape index (κ1) is 16.7. The fourth-order valence-electron chi connectivity index (χ4n) is 2.84. The number of aliphatic hydroxyl groups is 1. The smallest absolute Gasteiger partial charge is 0.0558 e. The summed E-state index contributed by atoms with van der Waals surface area (Å²) in [6.07, 6.45) is 2.10. The maximum atomic E-state index is 9.02. The Hall–Kier alpha value is -0.650. The van der Waals surface area contributed by atoms with Gasteiger partial charge in [0.1, 0.15) is 0 Å². The topological polar surface area (TPSA) is 52.7 Å². The second-order valence-electron chi connectivity index (χ2n) is 5.71. The zero-order valence-corrected chi connectivity index (χ0v) is 13.3. The minimum atomic E-state index is 0.0421. The number of nitrogens with two attached hydrogens (primary N) is 1. The highest BCUT2D eigenvalue weighted by Crippen LogP contribution is 2.19. The molecule has 0 aliphatic carbocycles. The van der Waals surface area contributed by atoms with Gasteiger partial charge in [-0.1, -0.05) is 23.7 Å². The summed E-state index contributed by atoms with van der Waals surface area (Å²) in [7, 11) is 0. The van der Waals surface area contributed by atoms with Gasteiger partial charge in [-0.2, -0.15) is 0 Å². The zero-order chi connectivity index (χ0) is 15.1. The van der Waals surface area contributed by atoms with E-state index in [1.165, 1.54) is 0 Å². The molecule has 118 valence electrons. The highest BCUT2D eigenvalue weighted by molar-refractivity contribution is 6.30. The first-order chi connectivity index (χ1) is 10.2. The summed E-state index contributed by atoms with van der Waals surface area (Å²) < 4.78 is 0. The van der Waals surface area contributed by atoms with Crippen molar-refractivity contribution in [1.82, 2.24) is 9.80 Å². The minimum absolute atomic E-state index is 0.0421. The molecule has 0 amide bonds. The van der Waals surface area contributed by atoms with Crippen LogP contribution in [0.5, 0.6) is 0 Å². The summed E-state index contributed by atoms with van der Waals surface area (Å²) in [6.45, 7) is 6.34. The van der Waals surface area contributed by atoms with Crippen molar-refractivity contribution in [2.24, 2.45) is 5.73 Å². The number of rotatable bonds is 6. The van der Waals surface area contributed by atoms with Gasteiger partial charge in [0.05, 0.1) is 6.61 Å². The van der Waals surface area contributed by atoms with Crippen LogP contribution in [0.3, 0.4) is 0 Å². The van der Waals surface area contributed by atoms with E-state index < -0.39 is 0 Å². The predicted molar refractivity (Wildman–Crippen MR) is 87.6 cm³/mol. The molecule has 0 bridgehead atoms. The van der Waals surface area contributed by atoms with Crippen molar-refractivity contribution in [2.75, 3.05) is 45.9 Å². The average Bonchev–Trinajstić information content (AvgIpc) is 2.71. The molecule has 1 heterocycles. The first-order valence-corrected chi connectivity index (χ1v) is 8.13. The van der Waals surface area contributed by atoms with Gasteiger partial charge in [0.15, 0.2) is 0 Å². The van der Waals surface area contributed by atoms with E-state index in [4.69, 9.17) is 22.4 Å². The third kappa shape index (κ3) is 5.57. The standard InChI is InChI=1S/C16H26ClN3O/c17-15-4-1-3-14(13-15)16(18)5-8-19-6-2-7-20(10-9-19)11-12-21/h1,3-4,13,16,21H,2,5-12,18H2. The fourth-order valence-corrected chi connectivity index (χ4v) is 3.04. The second-order valence-corrected chi connectivity index (χ2v) is 6.15. The van der Waals surface area contributed by atoms with Crippen LogP contribution in [-0.4, -0.2) is 60.8 Å². The van der Waals surface area contributed by atoms with E-state index in [2.05, 4.69) is 9.80 Å². The lowest BCUT2D eigenvalue weighted by molar-refractivity contribution is 0.196. The van der Waals surface area contributed by atoms with Crippen LogP contribution in [0.4, 0.5) is 0 Å². The molecule has 0 aromatic heterocycles. The zero-order valence-electron chi connectivity index (χ0n) is 12.5. The molecule has 2 rings (SSSR count). The molecule has 1 aliphatic rings. The van der Waals surface area contributed by atoms with E-state index in [0.717, 1.165) is 62.7 Å². The van der Waals surface area contributed by atoms with Crippen molar-refractivity contribution in [3.05, 3.63) is 34.9 Å². The van der Waals surface area contributed by atoms with E-state index in [1.54, 1.807) is 0 Å². The van der Waals surface area contributed by atoms with Crippen molar-refractivity contribution in [1.29, 1.82) is 0 Å². The molecule has 1 aliphatic heterocycles. The lowest BCUT2D eigenvalue weighted by atomic mass is 10.0. The van der Waals surface area contributed by atoms with Gasteiger partial charge in [-0.25, -0.2) is 0 Å². The van der Waals surface area contributed by atoms with Gasteiger partial charge >= 0.3 is 0 Å². The number of benzene rings is 1. The van der Waals surface area contributed by atoms with Gasteiger partial charge in [0, 0.05) is 30.7 Å². The largest absolute Gasteiger partial charge is 0.395 e. The number of aliphatic hydroxyl groups excluding tert-OH is 1. The van der Waals surface area contributed by atoms with Crippen molar-refractivity contribution >= 4 is 11.6 Å². The third-order valence-electron chi connectivity index (χ3n) is 4.13. The number of nitrogens with zero attached hydrogens (tertiary/aromatic N) is 2. The lowest BCUT2D eigenvalue weighted by Gasteiger charge is -2.23. The fraction of sp³-hybridized carbons (Fsp3) is 0.625. The molecule has 1 fully saturated rings. The van der Waals surface area contributed by atoms with Crippen LogP contribution >= 0.6 is 11.6 Å². The van der Waals surface area contributed by atoms with Crippen LogP contribution in [-0.2, 0) is 0 Å². The quantitative estimate of drug-likeness (QED) is 0.840. The average molecular weight is 312 g/mol. The Labute approximate surface area is 132 Å². The van der Waals surface area contributed by atoms with Gasteiger partial charge in [-0.15, -0.1) is 0 Å². The van der Waals surface area contributed by atoms with E-state index >= 15 is 0 Å². The second kappa shape index (κ2) is 8.71. The number of hydrogen-bond acceptors (Lipinski definition) is 4. The molecule has 21 heavy (non-hydrogen) atoms. The first-order valence-electron chi connectivity index (χ1n) is 7.75. The van der Waals surface area contributed by atoms with E-state index in [-0.39, 0.29) is 12.6 Å². The summed E-state index contributed by atoms with van der Waals surface area (Å²) in [5.74, 6) is 0. The van der Waals surface area contributed by atoms with Gasteiger partial charge in [-0.05, 0) is 50.2 Å². The highest BCUT2D eigenvalue weighted by Gasteiger charge is 2.15. The normalized spacial score (nSPS) is 19.4. The van der Waals surface area contributed by atoms with Crippen molar-refractivity contribution in [3.8, 4) is 0 Å². The maximum Gasteiger partial charge on any atom is 0.0558 e. The third-order valence-corrected chi connectivity index (χ3v) is 4.37. The molecular formula is C16H26ClN3O. The van der Waals surface area contributed by atoms with Crippen LogP contribution in [0.25, 0.3) is 0 Å². The number of halogens is 1. The van der Waals surface area contributed by atoms with Gasteiger partial charge in [0.25, 0.3) is 0 Å². The van der Waals surface area contributed by atoms with E-state index in [1.807, 2.05) is 24.3 Å². The Morgan fingerprint density at radius 1 is 1.14 bits per heavy atom. The summed E-state index contributed by atoms with van der Waals surface area (Å²) in [5, 5.41) is 9.77. The molecule has 5 heteroatoms. The number of β-amino-alcohol motifs (C(OH)–C–C–N with tert-alkyl or cyclic N) is 1. The minimum Gasteiger partial charge on any atom is -0.395 e. The van der Waals surface area contributed by atoms with Crippen LogP contribution in [0.1, 0.15) is 24.4 Å². The lowest BCUT2D eigenvalue weighted by Crippen LogP contribution is -2.33. The van der Waals surface area contributed by atoms with Gasteiger partial charge < -0.3 is 15.7 Å². The predicted octanol–water partition coefficient (Wildman–Crippen LogP) is 1.73.